The second-order valence-electron chi connectivity index (χ2n) is 5.86. The van der Waals surface area contributed by atoms with Gasteiger partial charge in [-0.25, -0.2) is 5.43 Å². The molecule has 1 heterocycles. The van der Waals surface area contributed by atoms with Crippen LogP contribution in [-0.2, 0) is 0 Å². The topological polar surface area (TPSA) is 83.8 Å². The van der Waals surface area contributed by atoms with E-state index < -0.39 is 0 Å². The van der Waals surface area contributed by atoms with Crippen LogP contribution in [0.3, 0.4) is 0 Å². The summed E-state index contributed by atoms with van der Waals surface area (Å²) >= 11 is 0. The van der Waals surface area contributed by atoms with Gasteiger partial charge in [-0.3, -0.25) is 9.78 Å². The summed E-state index contributed by atoms with van der Waals surface area (Å²) in [6.07, 6.45) is 3.08. The Balaban J connectivity index is 1.80. The van der Waals surface area contributed by atoms with E-state index in [-0.39, 0.29) is 18.3 Å². The van der Waals surface area contributed by atoms with Gasteiger partial charge < -0.3 is 9.84 Å². The molecule has 27 heavy (non-hydrogen) atoms. The van der Waals surface area contributed by atoms with Crippen molar-refractivity contribution in [2.24, 2.45) is 5.10 Å². The van der Waals surface area contributed by atoms with Gasteiger partial charge in [0, 0.05) is 23.5 Å². The predicted octanol–water partition coefficient (Wildman–Crippen LogP) is 3.31. The van der Waals surface area contributed by atoms with Gasteiger partial charge in [0.15, 0.2) is 11.5 Å². The number of aromatic hydroxyl groups is 1. The van der Waals surface area contributed by atoms with Gasteiger partial charge >= 0.3 is 0 Å². The summed E-state index contributed by atoms with van der Waals surface area (Å²) in [4.78, 5) is 16.1. The minimum Gasteiger partial charge on any atom is -0.504 e. The first-order valence-corrected chi connectivity index (χ1v) is 8.38. The van der Waals surface area contributed by atoms with Gasteiger partial charge in [0.05, 0.1) is 0 Å². The molecule has 6 nitrogen and oxygen atoms in total. The van der Waals surface area contributed by atoms with E-state index in [9.17, 15) is 9.90 Å². The van der Waals surface area contributed by atoms with E-state index in [1.165, 1.54) is 0 Å². The van der Waals surface area contributed by atoms with Crippen molar-refractivity contribution in [1.82, 2.24) is 10.4 Å². The molecule has 2 N–H and O–H groups in total. The van der Waals surface area contributed by atoms with Crippen LogP contribution in [0.25, 0.3) is 0 Å². The van der Waals surface area contributed by atoms with E-state index in [2.05, 4.69) is 15.5 Å². The number of pyridine rings is 1. The zero-order chi connectivity index (χ0) is 19.1. The SMILES string of the molecule is Cc1ccc(/C(COc2ccccc2O)=N/NC(=O)c2ccncc2)cc1. The summed E-state index contributed by atoms with van der Waals surface area (Å²) in [7, 11) is 0. The molecule has 0 saturated carbocycles. The van der Waals surface area contributed by atoms with E-state index in [4.69, 9.17) is 4.74 Å². The van der Waals surface area contributed by atoms with Crippen LogP contribution in [0.1, 0.15) is 21.5 Å². The summed E-state index contributed by atoms with van der Waals surface area (Å²) in [6.45, 7) is 2.07. The van der Waals surface area contributed by atoms with Crippen LogP contribution in [0.4, 0.5) is 0 Å². The zero-order valence-corrected chi connectivity index (χ0v) is 14.8. The molecule has 1 aromatic heterocycles. The van der Waals surface area contributed by atoms with Gasteiger partial charge in [0.2, 0.25) is 0 Å². The number of phenols is 1. The Morgan fingerprint density at radius 1 is 1.04 bits per heavy atom. The average Bonchev–Trinajstić information content (AvgIpc) is 2.70. The van der Waals surface area contributed by atoms with Gasteiger partial charge in [-0.2, -0.15) is 5.10 Å². The van der Waals surface area contributed by atoms with Gasteiger partial charge in [0.1, 0.15) is 12.3 Å². The number of carbonyl (C=O) groups is 1. The van der Waals surface area contributed by atoms with Gasteiger partial charge in [-0.15, -0.1) is 0 Å². The summed E-state index contributed by atoms with van der Waals surface area (Å²) in [5.41, 5.74) is 5.45. The van der Waals surface area contributed by atoms with E-state index in [0.717, 1.165) is 11.1 Å². The molecular weight excluding hydrogens is 342 g/mol. The molecule has 3 rings (SSSR count). The molecule has 2 aromatic carbocycles. The number of aromatic nitrogens is 1. The molecule has 0 radical (unpaired) electrons. The molecule has 0 atom stereocenters. The molecule has 136 valence electrons. The molecule has 0 fully saturated rings. The van der Waals surface area contributed by atoms with Crippen LogP contribution in [-0.4, -0.2) is 28.3 Å². The number of ether oxygens (including phenoxy) is 1. The number of amides is 1. The fourth-order valence-electron chi connectivity index (χ4n) is 2.34. The highest BCUT2D eigenvalue weighted by Crippen LogP contribution is 2.24. The smallest absolute Gasteiger partial charge is 0.271 e. The van der Waals surface area contributed by atoms with E-state index in [1.807, 2.05) is 31.2 Å². The average molecular weight is 361 g/mol. The lowest BCUT2D eigenvalue weighted by Gasteiger charge is -2.11. The maximum atomic E-state index is 12.2. The van der Waals surface area contributed by atoms with Crippen LogP contribution < -0.4 is 10.2 Å². The summed E-state index contributed by atoms with van der Waals surface area (Å²) in [6, 6.07) is 17.6. The highest BCUT2D eigenvalue weighted by atomic mass is 16.5. The van der Waals surface area contributed by atoms with Crippen molar-refractivity contribution >= 4 is 11.6 Å². The van der Waals surface area contributed by atoms with Crippen molar-refractivity contribution in [1.29, 1.82) is 0 Å². The number of hydrogen-bond donors (Lipinski definition) is 2. The third kappa shape index (κ3) is 4.92. The van der Waals surface area contributed by atoms with Crippen LogP contribution >= 0.6 is 0 Å². The first kappa shape index (κ1) is 18.1. The Bertz CT molecular complexity index is 938. The van der Waals surface area contributed by atoms with E-state index in [0.29, 0.717) is 17.0 Å². The first-order valence-electron chi connectivity index (χ1n) is 8.38. The van der Waals surface area contributed by atoms with Crippen molar-refractivity contribution in [3.63, 3.8) is 0 Å². The lowest BCUT2D eigenvalue weighted by atomic mass is 10.1. The number of nitrogens with zero attached hydrogens (tertiary/aromatic N) is 2. The maximum absolute atomic E-state index is 12.2. The highest BCUT2D eigenvalue weighted by molar-refractivity contribution is 6.03. The fourth-order valence-corrected chi connectivity index (χ4v) is 2.34. The molecule has 1 amide bonds. The van der Waals surface area contributed by atoms with Crippen molar-refractivity contribution in [3.8, 4) is 11.5 Å². The van der Waals surface area contributed by atoms with Gasteiger partial charge in [-0.05, 0) is 31.2 Å². The number of hydrogen-bond acceptors (Lipinski definition) is 5. The van der Waals surface area contributed by atoms with Crippen molar-refractivity contribution in [3.05, 3.63) is 89.7 Å². The Labute approximate surface area is 157 Å². The van der Waals surface area contributed by atoms with Crippen LogP contribution in [0, 0.1) is 6.92 Å². The number of para-hydroxylation sites is 2. The number of phenolic OH excluding ortho intramolecular Hbond substituents is 1. The minimum atomic E-state index is -0.343. The molecule has 0 saturated heterocycles. The molecule has 0 aliphatic carbocycles. The van der Waals surface area contributed by atoms with Gasteiger partial charge in [0.25, 0.3) is 5.91 Å². The maximum Gasteiger partial charge on any atom is 0.271 e. The van der Waals surface area contributed by atoms with E-state index in [1.54, 1.807) is 48.8 Å². The van der Waals surface area contributed by atoms with Crippen molar-refractivity contribution in [2.45, 2.75) is 6.92 Å². The molecule has 0 aliphatic rings. The van der Waals surface area contributed by atoms with Crippen molar-refractivity contribution < 1.29 is 14.6 Å². The van der Waals surface area contributed by atoms with Crippen LogP contribution in [0.15, 0.2) is 78.2 Å². The summed E-state index contributed by atoms with van der Waals surface area (Å²) in [5.74, 6) is 0.0453. The van der Waals surface area contributed by atoms with Crippen LogP contribution in [0.5, 0.6) is 11.5 Å². The Hall–Kier alpha value is -3.67. The normalized spacial score (nSPS) is 11.1. The number of rotatable bonds is 6. The molecule has 3 aromatic rings. The third-order valence-electron chi connectivity index (χ3n) is 3.85. The zero-order valence-electron chi connectivity index (χ0n) is 14.8. The summed E-state index contributed by atoms with van der Waals surface area (Å²) < 4.78 is 5.68. The highest BCUT2D eigenvalue weighted by Gasteiger charge is 2.10. The molecule has 0 spiro atoms. The third-order valence-corrected chi connectivity index (χ3v) is 3.85. The number of benzene rings is 2. The Morgan fingerprint density at radius 2 is 1.74 bits per heavy atom. The quantitative estimate of drug-likeness (QED) is 0.521. The summed E-state index contributed by atoms with van der Waals surface area (Å²) in [5, 5.41) is 14.1. The molecule has 0 aliphatic heterocycles. The minimum absolute atomic E-state index is 0.0431. The molecule has 6 heteroatoms. The lowest BCUT2D eigenvalue weighted by molar-refractivity contribution is 0.0954. The Morgan fingerprint density at radius 3 is 2.44 bits per heavy atom. The van der Waals surface area contributed by atoms with E-state index >= 15 is 0 Å². The van der Waals surface area contributed by atoms with Crippen molar-refractivity contribution in [2.75, 3.05) is 6.61 Å². The Kier molecular flexibility index (Phi) is 5.79. The van der Waals surface area contributed by atoms with Crippen LogP contribution in [0.2, 0.25) is 0 Å². The number of aryl methyl sites for hydroxylation is 1. The molecule has 0 unspecified atom stereocenters. The largest absolute Gasteiger partial charge is 0.504 e. The molecular formula is C21H19N3O3. The number of nitrogens with one attached hydrogen (secondary N) is 1. The fraction of sp³-hybridized carbons (Fsp3) is 0.0952. The predicted molar refractivity (Wildman–Crippen MR) is 103 cm³/mol. The van der Waals surface area contributed by atoms with Gasteiger partial charge in [-0.1, -0.05) is 42.0 Å². The number of hydrazone groups is 1. The second kappa shape index (κ2) is 8.62. The lowest BCUT2D eigenvalue weighted by Crippen LogP contribution is -2.23. The second-order valence-corrected chi connectivity index (χ2v) is 5.86. The molecule has 0 bridgehead atoms. The standard InChI is InChI=1S/C21H19N3O3/c1-15-6-8-16(9-7-15)18(14-27-20-5-3-2-4-19(20)25)23-24-21(26)17-10-12-22-13-11-17/h2-13,25H,14H2,1H3,(H,24,26)/b23-18+. The monoisotopic (exact) mass is 361 g/mol. The number of carbonyl (C=O) groups excluding carboxylic acids is 1. The first-order chi connectivity index (χ1) is 13.1.